The summed E-state index contributed by atoms with van der Waals surface area (Å²) in [6.07, 6.45) is 0.934. The van der Waals surface area contributed by atoms with Crippen molar-refractivity contribution in [3.63, 3.8) is 0 Å². The molecule has 0 fully saturated rings. The Morgan fingerprint density at radius 3 is 2.28 bits per heavy atom. The highest BCUT2D eigenvalue weighted by Gasteiger charge is 2.16. The molecule has 0 amide bonds. The van der Waals surface area contributed by atoms with E-state index in [1.54, 1.807) is 23.9 Å². The SMILES string of the molecule is CC(CCCl)Sc1ccc(S(=O)(=O)N(C)C)cc1. The number of alkyl halides is 1. The molecule has 0 heterocycles. The average Bonchev–Trinajstić information content (AvgIpc) is 2.29. The van der Waals surface area contributed by atoms with Gasteiger partial charge >= 0.3 is 0 Å². The number of hydrogen-bond acceptors (Lipinski definition) is 3. The molecule has 0 aliphatic carbocycles. The monoisotopic (exact) mass is 307 g/mol. The van der Waals surface area contributed by atoms with Gasteiger partial charge in [-0.25, -0.2) is 12.7 Å². The summed E-state index contributed by atoms with van der Waals surface area (Å²) < 4.78 is 25.0. The standard InChI is InChI=1S/C12H18ClNO2S2/c1-10(8-9-13)17-11-4-6-12(7-5-11)18(15,16)14(2)3/h4-7,10H,8-9H2,1-3H3. The largest absolute Gasteiger partial charge is 0.242 e. The minimum atomic E-state index is -3.33. The molecule has 0 bridgehead atoms. The van der Waals surface area contributed by atoms with E-state index in [1.165, 1.54) is 18.4 Å². The van der Waals surface area contributed by atoms with Crippen LogP contribution in [0.5, 0.6) is 0 Å². The molecule has 1 rings (SSSR count). The third kappa shape index (κ3) is 4.16. The van der Waals surface area contributed by atoms with E-state index < -0.39 is 10.0 Å². The maximum absolute atomic E-state index is 11.9. The third-order valence-electron chi connectivity index (χ3n) is 2.46. The lowest BCUT2D eigenvalue weighted by Crippen LogP contribution is -2.22. The van der Waals surface area contributed by atoms with Gasteiger partial charge in [-0.1, -0.05) is 6.92 Å². The van der Waals surface area contributed by atoms with Crippen molar-refractivity contribution in [3.05, 3.63) is 24.3 Å². The van der Waals surface area contributed by atoms with Gasteiger partial charge in [0.15, 0.2) is 0 Å². The van der Waals surface area contributed by atoms with Gasteiger partial charge in [0.25, 0.3) is 0 Å². The first-order valence-electron chi connectivity index (χ1n) is 5.63. The lowest BCUT2D eigenvalue weighted by molar-refractivity contribution is 0.520. The van der Waals surface area contributed by atoms with Crippen molar-refractivity contribution in [2.75, 3.05) is 20.0 Å². The molecule has 0 saturated carbocycles. The number of thioether (sulfide) groups is 1. The first-order valence-corrected chi connectivity index (χ1v) is 8.48. The van der Waals surface area contributed by atoms with Gasteiger partial charge in [-0.3, -0.25) is 0 Å². The molecule has 0 aliphatic rings. The molecule has 1 unspecified atom stereocenters. The molecule has 0 spiro atoms. The molecule has 0 radical (unpaired) electrons. The summed E-state index contributed by atoms with van der Waals surface area (Å²) >= 11 is 7.39. The number of benzene rings is 1. The Labute approximate surface area is 119 Å². The van der Waals surface area contributed by atoms with Crippen LogP contribution < -0.4 is 0 Å². The van der Waals surface area contributed by atoms with Gasteiger partial charge in [-0.05, 0) is 30.7 Å². The summed E-state index contributed by atoms with van der Waals surface area (Å²) in [7, 11) is -0.273. The molecule has 0 N–H and O–H groups in total. The molecule has 1 aromatic carbocycles. The maximum Gasteiger partial charge on any atom is 0.242 e. The molecular weight excluding hydrogens is 290 g/mol. The molecule has 0 aromatic heterocycles. The fourth-order valence-electron chi connectivity index (χ4n) is 1.35. The second-order valence-electron chi connectivity index (χ2n) is 4.16. The zero-order chi connectivity index (χ0) is 13.8. The Bertz CT molecular complexity index is 471. The first kappa shape index (κ1) is 15.8. The van der Waals surface area contributed by atoms with Gasteiger partial charge in [-0.2, -0.15) is 0 Å². The van der Waals surface area contributed by atoms with Gasteiger partial charge in [0, 0.05) is 30.1 Å². The van der Waals surface area contributed by atoms with E-state index in [9.17, 15) is 8.42 Å². The van der Waals surface area contributed by atoms with Crippen LogP contribution in [0.15, 0.2) is 34.1 Å². The second kappa shape index (κ2) is 6.80. The van der Waals surface area contributed by atoms with Crippen molar-refractivity contribution in [1.82, 2.24) is 4.31 Å². The van der Waals surface area contributed by atoms with E-state index in [2.05, 4.69) is 6.92 Å². The Balaban J connectivity index is 2.81. The molecule has 18 heavy (non-hydrogen) atoms. The molecule has 6 heteroatoms. The highest BCUT2D eigenvalue weighted by atomic mass is 35.5. The Morgan fingerprint density at radius 1 is 1.28 bits per heavy atom. The van der Waals surface area contributed by atoms with Gasteiger partial charge < -0.3 is 0 Å². The lowest BCUT2D eigenvalue weighted by Gasteiger charge is -2.12. The summed E-state index contributed by atoms with van der Waals surface area (Å²) in [4.78, 5) is 1.38. The number of nitrogens with zero attached hydrogens (tertiary/aromatic N) is 1. The normalized spacial score (nSPS) is 13.8. The minimum absolute atomic E-state index is 0.321. The van der Waals surface area contributed by atoms with Gasteiger partial charge in [0.1, 0.15) is 0 Å². The van der Waals surface area contributed by atoms with Crippen molar-refractivity contribution in [1.29, 1.82) is 0 Å². The second-order valence-corrected chi connectivity index (χ2v) is 8.21. The Morgan fingerprint density at radius 2 is 1.83 bits per heavy atom. The van der Waals surface area contributed by atoms with E-state index in [4.69, 9.17) is 11.6 Å². The molecule has 1 atom stereocenters. The van der Waals surface area contributed by atoms with E-state index in [0.717, 1.165) is 11.3 Å². The average molecular weight is 308 g/mol. The highest BCUT2D eigenvalue weighted by Crippen LogP contribution is 2.26. The van der Waals surface area contributed by atoms with Gasteiger partial charge in [0.2, 0.25) is 10.0 Å². The number of halogens is 1. The summed E-state index contributed by atoms with van der Waals surface area (Å²) in [5, 5.41) is 0.429. The molecule has 0 saturated heterocycles. The summed E-state index contributed by atoms with van der Waals surface area (Å²) in [6.45, 7) is 2.11. The van der Waals surface area contributed by atoms with Gasteiger partial charge in [0.05, 0.1) is 4.90 Å². The van der Waals surface area contributed by atoms with Crippen LogP contribution in [-0.4, -0.2) is 37.9 Å². The van der Waals surface area contributed by atoms with Crippen LogP contribution in [0.25, 0.3) is 0 Å². The Kier molecular flexibility index (Phi) is 5.98. The summed E-state index contributed by atoms with van der Waals surface area (Å²) in [5.74, 6) is 0.640. The zero-order valence-electron chi connectivity index (χ0n) is 10.8. The number of sulfonamides is 1. The molecule has 1 aromatic rings. The van der Waals surface area contributed by atoms with Crippen LogP contribution in [0, 0.1) is 0 Å². The van der Waals surface area contributed by atoms with E-state index in [-0.39, 0.29) is 0 Å². The van der Waals surface area contributed by atoms with Crippen molar-refractivity contribution < 1.29 is 8.42 Å². The molecule has 0 aliphatic heterocycles. The topological polar surface area (TPSA) is 37.4 Å². The molecule has 102 valence electrons. The van der Waals surface area contributed by atoms with Crippen LogP contribution in [0.3, 0.4) is 0 Å². The van der Waals surface area contributed by atoms with Crippen molar-refractivity contribution in [2.45, 2.75) is 28.4 Å². The van der Waals surface area contributed by atoms with Crippen LogP contribution in [0.4, 0.5) is 0 Å². The van der Waals surface area contributed by atoms with Crippen LogP contribution in [-0.2, 0) is 10.0 Å². The minimum Gasteiger partial charge on any atom is -0.207 e. The molecular formula is C12H18ClNO2S2. The first-order chi connectivity index (χ1) is 8.37. The van der Waals surface area contributed by atoms with E-state index in [0.29, 0.717) is 16.0 Å². The van der Waals surface area contributed by atoms with Crippen LogP contribution >= 0.6 is 23.4 Å². The maximum atomic E-state index is 11.9. The zero-order valence-corrected chi connectivity index (χ0v) is 13.1. The Hall–Kier alpha value is -0.230. The van der Waals surface area contributed by atoms with Crippen LogP contribution in [0.1, 0.15) is 13.3 Å². The lowest BCUT2D eigenvalue weighted by atomic mass is 10.4. The van der Waals surface area contributed by atoms with Crippen LogP contribution in [0.2, 0.25) is 0 Å². The number of rotatable bonds is 6. The predicted octanol–water partition coefficient (Wildman–Crippen LogP) is 3.05. The summed E-state index contributed by atoms with van der Waals surface area (Å²) in [5.41, 5.74) is 0. The van der Waals surface area contributed by atoms with Crippen molar-refractivity contribution in [3.8, 4) is 0 Å². The van der Waals surface area contributed by atoms with Crippen molar-refractivity contribution in [2.24, 2.45) is 0 Å². The van der Waals surface area contributed by atoms with Gasteiger partial charge in [-0.15, -0.1) is 23.4 Å². The fourth-order valence-corrected chi connectivity index (χ4v) is 3.70. The quantitative estimate of drug-likeness (QED) is 0.599. The summed E-state index contributed by atoms with van der Waals surface area (Å²) in [6, 6.07) is 6.97. The number of hydrogen-bond donors (Lipinski definition) is 0. The van der Waals surface area contributed by atoms with E-state index >= 15 is 0 Å². The highest BCUT2D eigenvalue weighted by molar-refractivity contribution is 8.00. The van der Waals surface area contributed by atoms with E-state index in [1.807, 2.05) is 12.1 Å². The predicted molar refractivity (Wildman–Crippen MR) is 78.0 cm³/mol. The third-order valence-corrected chi connectivity index (χ3v) is 5.69. The van der Waals surface area contributed by atoms with Crippen molar-refractivity contribution >= 4 is 33.4 Å². The smallest absolute Gasteiger partial charge is 0.207 e. The molecule has 3 nitrogen and oxygen atoms in total. The fraction of sp³-hybridized carbons (Fsp3) is 0.500.